The lowest BCUT2D eigenvalue weighted by atomic mass is 10.4. The molecule has 0 atom stereocenters. The molecule has 1 aliphatic rings. The van der Waals surface area contributed by atoms with Crippen LogP contribution in [0.25, 0.3) is 0 Å². The Morgan fingerprint density at radius 3 is 2.67 bits per heavy atom. The summed E-state index contributed by atoms with van der Waals surface area (Å²) in [5.41, 5.74) is 1.15. The molecule has 0 aliphatic carbocycles. The Labute approximate surface area is 112 Å². The van der Waals surface area contributed by atoms with Gasteiger partial charge in [-0.15, -0.1) is 11.8 Å². The van der Waals surface area contributed by atoms with Gasteiger partial charge in [-0.1, -0.05) is 18.2 Å². The van der Waals surface area contributed by atoms with Crippen molar-refractivity contribution in [1.29, 1.82) is 0 Å². The van der Waals surface area contributed by atoms with Gasteiger partial charge in [0.2, 0.25) is 0 Å². The van der Waals surface area contributed by atoms with E-state index < -0.39 is 10.1 Å². The molecule has 1 aliphatic heterocycles. The Hall–Kier alpha value is -0.980. The van der Waals surface area contributed by atoms with Crippen LogP contribution < -0.4 is 0 Å². The Morgan fingerprint density at radius 2 is 2.06 bits per heavy atom. The van der Waals surface area contributed by atoms with Crippen molar-refractivity contribution in [2.75, 3.05) is 19.0 Å². The molecular formula is C12H15NO3S2. The summed E-state index contributed by atoms with van der Waals surface area (Å²) >= 11 is 1.70. The molecule has 18 heavy (non-hydrogen) atoms. The normalized spacial score (nSPS) is 15.8. The van der Waals surface area contributed by atoms with Gasteiger partial charge in [-0.2, -0.15) is 8.42 Å². The number of rotatable bonds is 5. The van der Waals surface area contributed by atoms with Crippen molar-refractivity contribution in [3.8, 4) is 0 Å². The van der Waals surface area contributed by atoms with Crippen LogP contribution in [0.4, 0.5) is 0 Å². The standard InChI is InChI=1S/C12H15NO3S2/c1-11-9-17-10-13(11)7-8-16-18(14,15)12-5-3-2-4-6-12/h2-6,9H,7-8,10H2,1H3. The Balaban J connectivity index is 1.89. The topological polar surface area (TPSA) is 46.6 Å². The molecule has 0 bridgehead atoms. The number of nitrogens with zero attached hydrogens (tertiary/aromatic N) is 1. The van der Waals surface area contributed by atoms with E-state index >= 15 is 0 Å². The number of hydrogen-bond donors (Lipinski definition) is 0. The Bertz CT molecular complexity index is 526. The maximum Gasteiger partial charge on any atom is 0.297 e. The van der Waals surface area contributed by atoms with Crippen LogP contribution in [0.1, 0.15) is 6.92 Å². The van der Waals surface area contributed by atoms with Crippen molar-refractivity contribution in [3.05, 3.63) is 41.4 Å². The minimum Gasteiger partial charge on any atom is -0.363 e. The highest BCUT2D eigenvalue weighted by atomic mass is 32.2. The van der Waals surface area contributed by atoms with Crippen molar-refractivity contribution in [1.82, 2.24) is 4.90 Å². The predicted molar refractivity (Wildman–Crippen MR) is 72.5 cm³/mol. The summed E-state index contributed by atoms with van der Waals surface area (Å²) in [6, 6.07) is 8.20. The predicted octanol–water partition coefficient (Wildman–Crippen LogP) is 2.26. The second-order valence-corrected chi connectivity index (χ2v) is 6.35. The Morgan fingerprint density at radius 1 is 1.33 bits per heavy atom. The number of hydrogen-bond acceptors (Lipinski definition) is 5. The fourth-order valence-electron chi connectivity index (χ4n) is 1.58. The van der Waals surface area contributed by atoms with E-state index in [-0.39, 0.29) is 11.5 Å². The molecule has 0 N–H and O–H groups in total. The van der Waals surface area contributed by atoms with Crippen molar-refractivity contribution in [2.24, 2.45) is 0 Å². The number of allylic oxidation sites excluding steroid dienone is 1. The summed E-state index contributed by atoms with van der Waals surface area (Å²) in [5, 5.41) is 2.06. The summed E-state index contributed by atoms with van der Waals surface area (Å²) < 4.78 is 28.7. The van der Waals surface area contributed by atoms with Gasteiger partial charge in [0.15, 0.2) is 0 Å². The van der Waals surface area contributed by atoms with E-state index in [1.807, 2.05) is 6.92 Å². The summed E-state index contributed by atoms with van der Waals surface area (Å²) in [5.74, 6) is 0.862. The second-order valence-electron chi connectivity index (χ2n) is 3.91. The molecule has 0 amide bonds. The van der Waals surface area contributed by atoms with Gasteiger partial charge in [-0.3, -0.25) is 4.18 Å². The molecule has 2 rings (SSSR count). The molecular weight excluding hydrogens is 270 g/mol. The third kappa shape index (κ3) is 3.28. The van der Waals surface area contributed by atoms with Gasteiger partial charge < -0.3 is 4.90 Å². The molecule has 98 valence electrons. The average molecular weight is 285 g/mol. The second kappa shape index (κ2) is 5.77. The minimum absolute atomic E-state index is 0.170. The van der Waals surface area contributed by atoms with Gasteiger partial charge in [0.1, 0.15) is 0 Å². The van der Waals surface area contributed by atoms with Gasteiger partial charge in [0, 0.05) is 12.2 Å². The minimum atomic E-state index is -3.62. The highest BCUT2D eigenvalue weighted by Crippen LogP contribution is 2.22. The van der Waals surface area contributed by atoms with E-state index in [4.69, 9.17) is 4.18 Å². The van der Waals surface area contributed by atoms with Crippen LogP contribution >= 0.6 is 11.8 Å². The van der Waals surface area contributed by atoms with Crippen LogP contribution in [0.2, 0.25) is 0 Å². The van der Waals surface area contributed by atoms with Crippen LogP contribution in [0.15, 0.2) is 46.3 Å². The quantitative estimate of drug-likeness (QED) is 0.777. The van der Waals surface area contributed by atoms with E-state index in [9.17, 15) is 8.42 Å². The first-order valence-corrected chi connectivity index (χ1v) is 8.03. The fourth-order valence-corrected chi connectivity index (χ4v) is 3.48. The zero-order valence-corrected chi connectivity index (χ0v) is 11.7. The van der Waals surface area contributed by atoms with E-state index in [2.05, 4.69) is 10.3 Å². The maximum absolute atomic E-state index is 11.8. The van der Waals surface area contributed by atoms with Crippen molar-refractivity contribution >= 4 is 21.9 Å². The molecule has 0 saturated carbocycles. The molecule has 6 heteroatoms. The smallest absolute Gasteiger partial charge is 0.297 e. The Kier molecular flexibility index (Phi) is 4.31. The maximum atomic E-state index is 11.8. The van der Waals surface area contributed by atoms with Crippen molar-refractivity contribution in [2.45, 2.75) is 11.8 Å². The van der Waals surface area contributed by atoms with Crippen molar-refractivity contribution < 1.29 is 12.6 Å². The van der Waals surface area contributed by atoms with Crippen LogP contribution in [-0.2, 0) is 14.3 Å². The summed E-state index contributed by atoms with van der Waals surface area (Å²) in [6.07, 6.45) is 0. The van der Waals surface area contributed by atoms with Crippen LogP contribution in [0.3, 0.4) is 0 Å². The van der Waals surface area contributed by atoms with Crippen LogP contribution in [0.5, 0.6) is 0 Å². The molecule has 1 heterocycles. The third-order valence-electron chi connectivity index (χ3n) is 2.61. The molecule has 1 aromatic carbocycles. The van der Waals surface area contributed by atoms with Crippen molar-refractivity contribution in [3.63, 3.8) is 0 Å². The largest absolute Gasteiger partial charge is 0.363 e. The zero-order chi connectivity index (χ0) is 13.0. The van der Waals surface area contributed by atoms with E-state index in [0.29, 0.717) is 6.54 Å². The van der Waals surface area contributed by atoms with Crippen LogP contribution in [0, 0.1) is 0 Å². The number of benzene rings is 1. The highest BCUT2D eigenvalue weighted by molar-refractivity contribution is 8.02. The lowest BCUT2D eigenvalue weighted by Crippen LogP contribution is -2.24. The monoisotopic (exact) mass is 285 g/mol. The first kappa shape index (κ1) is 13.5. The SMILES string of the molecule is CC1=CSCN1CCOS(=O)(=O)c1ccccc1. The highest BCUT2D eigenvalue weighted by Gasteiger charge is 2.16. The fraction of sp³-hybridized carbons (Fsp3) is 0.333. The summed E-state index contributed by atoms with van der Waals surface area (Å²) in [6.45, 7) is 2.76. The molecule has 0 spiro atoms. The molecule has 0 fully saturated rings. The molecule has 0 aromatic heterocycles. The van der Waals surface area contributed by atoms with E-state index in [1.54, 1.807) is 30.0 Å². The van der Waals surface area contributed by atoms with Gasteiger partial charge in [0.25, 0.3) is 10.1 Å². The summed E-state index contributed by atoms with van der Waals surface area (Å²) in [4.78, 5) is 2.29. The van der Waals surface area contributed by atoms with E-state index in [1.165, 1.54) is 12.1 Å². The first-order chi connectivity index (χ1) is 8.59. The van der Waals surface area contributed by atoms with Gasteiger partial charge in [-0.05, 0) is 24.5 Å². The van der Waals surface area contributed by atoms with Gasteiger partial charge in [-0.25, -0.2) is 0 Å². The lowest BCUT2D eigenvalue weighted by Gasteiger charge is -2.18. The average Bonchev–Trinajstić information content (AvgIpc) is 2.76. The molecule has 0 saturated heterocycles. The van der Waals surface area contributed by atoms with Gasteiger partial charge in [0.05, 0.1) is 17.4 Å². The molecule has 1 aromatic rings. The third-order valence-corrected chi connectivity index (χ3v) is 4.91. The molecule has 0 radical (unpaired) electrons. The van der Waals surface area contributed by atoms with Gasteiger partial charge >= 0.3 is 0 Å². The molecule has 4 nitrogen and oxygen atoms in total. The molecule has 0 unspecified atom stereocenters. The zero-order valence-electron chi connectivity index (χ0n) is 10.1. The lowest BCUT2D eigenvalue weighted by molar-refractivity contribution is 0.266. The first-order valence-electron chi connectivity index (χ1n) is 5.57. The summed E-state index contributed by atoms with van der Waals surface area (Å²) in [7, 11) is -3.62. The van der Waals surface area contributed by atoms with E-state index in [0.717, 1.165) is 11.6 Å². The van der Waals surface area contributed by atoms with Crippen LogP contribution in [-0.4, -0.2) is 32.3 Å². The number of thioether (sulfide) groups is 1.